The van der Waals surface area contributed by atoms with Crippen LogP contribution in [-0.2, 0) is 14.8 Å². The van der Waals surface area contributed by atoms with E-state index >= 15 is 0 Å². The summed E-state index contributed by atoms with van der Waals surface area (Å²) in [6.45, 7) is 1.25. The highest BCUT2D eigenvalue weighted by molar-refractivity contribution is 7.88. The van der Waals surface area contributed by atoms with Crippen LogP contribution < -0.4 is 5.32 Å². The van der Waals surface area contributed by atoms with E-state index in [4.69, 9.17) is 23.2 Å². The lowest BCUT2D eigenvalue weighted by Crippen LogP contribution is -2.35. The highest BCUT2D eigenvalue weighted by Gasteiger charge is 2.18. The number of anilines is 1. The van der Waals surface area contributed by atoms with Gasteiger partial charge in [0.05, 0.1) is 22.0 Å². The van der Waals surface area contributed by atoms with E-state index in [-0.39, 0.29) is 18.9 Å². The Balaban J connectivity index is 2.61. The molecular formula is C15H23Cl2N3O3S. The van der Waals surface area contributed by atoms with Crippen molar-refractivity contribution in [2.75, 3.05) is 45.3 Å². The van der Waals surface area contributed by atoms with E-state index < -0.39 is 10.0 Å². The fourth-order valence-corrected chi connectivity index (χ4v) is 3.43. The third-order valence-corrected chi connectivity index (χ3v) is 5.23. The molecule has 9 heteroatoms. The van der Waals surface area contributed by atoms with Gasteiger partial charge in [0.1, 0.15) is 0 Å². The van der Waals surface area contributed by atoms with Crippen molar-refractivity contribution < 1.29 is 13.2 Å². The minimum atomic E-state index is -3.37. The first kappa shape index (κ1) is 21.2. The predicted octanol–water partition coefficient (Wildman–Crippen LogP) is 2.54. The molecule has 0 atom stereocenters. The van der Waals surface area contributed by atoms with Crippen LogP contribution >= 0.6 is 23.2 Å². The maximum atomic E-state index is 12.1. The summed E-state index contributed by atoms with van der Waals surface area (Å²) in [6.07, 6.45) is 1.86. The molecule has 136 valence electrons. The number of para-hydroxylation sites is 1. The lowest BCUT2D eigenvalue weighted by atomic mass is 10.3. The Hall–Kier alpha value is -0.860. The van der Waals surface area contributed by atoms with E-state index in [1.54, 1.807) is 18.2 Å². The number of sulfonamides is 1. The summed E-state index contributed by atoms with van der Waals surface area (Å²) >= 11 is 12.0. The molecule has 0 saturated heterocycles. The summed E-state index contributed by atoms with van der Waals surface area (Å²) in [5.74, 6) is -0.341. The Morgan fingerprint density at radius 3 is 2.21 bits per heavy atom. The van der Waals surface area contributed by atoms with Crippen LogP contribution in [0.3, 0.4) is 0 Å². The van der Waals surface area contributed by atoms with Crippen LogP contribution in [0.15, 0.2) is 18.2 Å². The highest BCUT2D eigenvalue weighted by atomic mass is 35.5. The zero-order valence-corrected chi connectivity index (χ0v) is 16.4. The summed E-state index contributed by atoms with van der Waals surface area (Å²) in [6, 6.07) is 4.91. The largest absolute Gasteiger partial charge is 0.324 e. The molecule has 1 aromatic rings. The maximum absolute atomic E-state index is 12.1. The average Bonchev–Trinajstić information content (AvgIpc) is 2.45. The Morgan fingerprint density at radius 2 is 1.71 bits per heavy atom. The van der Waals surface area contributed by atoms with Gasteiger partial charge in [-0.2, -0.15) is 0 Å². The maximum Gasteiger partial charge on any atom is 0.225 e. The highest BCUT2D eigenvalue weighted by Crippen LogP contribution is 2.29. The first-order valence-corrected chi connectivity index (χ1v) is 10.1. The van der Waals surface area contributed by atoms with E-state index in [1.807, 2.05) is 19.0 Å². The van der Waals surface area contributed by atoms with E-state index in [0.717, 1.165) is 12.8 Å². The van der Waals surface area contributed by atoms with Crippen molar-refractivity contribution in [1.29, 1.82) is 0 Å². The minimum Gasteiger partial charge on any atom is -0.324 e. The number of halogens is 2. The third-order valence-electron chi connectivity index (χ3n) is 3.30. The van der Waals surface area contributed by atoms with Crippen molar-refractivity contribution in [3.05, 3.63) is 28.2 Å². The second-order valence-electron chi connectivity index (χ2n) is 5.71. The summed E-state index contributed by atoms with van der Waals surface area (Å²) in [5, 5.41) is 3.30. The van der Waals surface area contributed by atoms with Gasteiger partial charge in [-0.05, 0) is 39.2 Å². The topological polar surface area (TPSA) is 69.7 Å². The van der Waals surface area contributed by atoms with Gasteiger partial charge in [0.2, 0.25) is 15.9 Å². The van der Waals surface area contributed by atoms with Crippen LogP contribution in [0.25, 0.3) is 0 Å². The van der Waals surface area contributed by atoms with Crippen molar-refractivity contribution in [2.45, 2.75) is 12.8 Å². The summed E-state index contributed by atoms with van der Waals surface area (Å²) in [4.78, 5) is 14.1. The molecule has 0 aliphatic rings. The number of nitrogens with zero attached hydrogens (tertiary/aromatic N) is 2. The molecule has 1 amide bonds. The van der Waals surface area contributed by atoms with E-state index in [0.29, 0.717) is 28.7 Å². The minimum absolute atomic E-state index is 0.0244. The molecule has 1 aromatic carbocycles. The number of carbonyl (C=O) groups excluding carboxylic acids is 1. The molecular weight excluding hydrogens is 373 g/mol. The zero-order chi connectivity index (χ0) is 18.3. The van der Waals surface area contributed by atoms with Crippen LogP contribution in [0.1, 0.15) is 12.8 Å². The predicted molar refractivity (Wildman–Crippen MR) is 99.3 cm³/mol. The molecule has 0 heterocycles. The van der Waals surface area contributed by atoms with Gasteiger partial charge in [-0.15, -0.1) is 0 Å². The van der Waals surface area contributed by atoms with Gasteiger partial charge in [0.15, 0.2) is 0 Å². The Morgan fingerprint density at radius 1 is 1.12 bits per heavy atom. The van der Waals surface area contributed by atoms with Crippen molar-refractivity contribution in [3.8, 4) is 0 Å². The van der Waals surface area contributed by atoms with Gasteiger partial charge in [-0.3, -0.25) is 4.79 Å². The first-order valence-electron chi connectivity index (χ1n) is 7.45. The van der Waals surface area contributed by atoms with Gasteiger partial charge >= 0.3 is 0 Å². The molecule has 0 aromatic heterocycles. The fourth-order valence-electron chi connectivity index (χ4n) is 2.05. The fraction of sp³-hybridized carbons (Fsp3) is 0.533. The van der Waals surface area contributed by atoms with Crippen LogP contribution in [0, 0.1) is 0 Å². The second kappa shape index (κ2) is 9.58. The first-order chi connectivity index (χ1) is 11.1. The van der Waals surface area contributed by atoms with Crippen molar-refractivity contribution in [3.63, 3.8) is 0 Å². The van der Waals surface area contributed by atoms with Gasteiger partial charge < -0.3 is 10.2 Å². The summed E-state index contributed by atoms with van der Waals surface area (Å²) < 4.78 is 25.0. The van der Waals surface area contributed by atoms with Crippen LogP contribution in [0.4, 0.5) is 5.69 Å². The SMILES string of the molecule is CN(C)CCCN(CCC(=O)Nc1c(Cl)cccc1Cl)S(C)(=O)=O. The number of benzene rings is 1. The Kier molecular flexibility index (Phi) is 8.45. The number of amides is 1. The third kappa shape index (κ3) is 7.36. The molecule has 0 saturated carbocycles. The van der Waals surface area contributed by atoms with Crippen LogP contribution in [0.2, 0.25) is 10.0 Å². The quantitative estimate of drug-likeness (QED) is 0.697. The van der Waals surface area contributed by atoms with E-state index in [1.165, 1.54) is 4.31 Å². The normalized spacial score (nSPS) is 12.0. The molecule has 0 aliphatic carbocycles. The molecule has 0 unspecified atom stereocenters. The van der Waals surface area contributed by atoms with Crippen LogP contribution in [0.5, 0.6) is 0 Å². The Labute approximate surface area is 153 Å². The average molecular weight is 396 g/mol. The summed E-state index contributed by atoms with van der Waals surface area (Å²) in [5.41, 5.74) is 0.337. The molecule has 0 fully saturated rings. The molecule has 0 bridgehead atoms. The van der Waals surface area contributed by atoms with Gasteiger partial charge in [0.25, 0.3) is 0 Å². The molecule has 0 spiro atoms. The lowest BCUT2D eigenvalue weighted by molar-refractivity contribution is -0.116. The zero-order valence-electron chi connectivity index (χ0n) is 14.1. The second-order valence-corrected chi connectivity index (χ2v) is 8.51. The number of nitrogens with one attached hydrogen (secondary N) is 1. The Bertz CT molecular complexity index is 646. The smallest absolute Gasteiger partial charge is 0.225 e. The lowest BCUT2D eigenvalue weighted by Gasteiger charge is -2.20. The molecule has 0 aliphatic heterocycles. The summed E-state index contributed by atoms with van der Waals surface area (Å²) in [7, 11) is 0.479. The van der Waals surface area contributed by atoms with Gasteiger partial charge in [-0.25, -0.2) is 12.7 Å². The number of hydrogen-bond donors (Lipinski definition) is 1. The molecule has 1 N–H and O–H groups in total. The van der Waals surface area contributed by atoms with Gasteiger partial charge in [-0.1, -0.05) is 29.3 Å². The van der Waals surface area contributed by atoms with E-state index in [9.17, 15) is 13.2 Å². The van der Waals surface area contributed by atoms with Crippen molar-refractivity contribution in [1.82, 2.24) is 9.21 Å². The monoisotopic (exact) mass is 395 g/mol. The van der Waals surface area contributed by atoms with E-state index in [2.05, 4.69) is 5.32 Å². The molecule has 0 radical (unpaired) electrons. The number of rotatable bonds is 9. The van der Waals surface area contributed by atoms with Crippen LogP contribution in [-0.4, -0.2) is 63.5 Å². The van der Waals surface area contributed by atoms with Gasteiger partial charge in [0, 0.05) is 19.5 Å². The van der Waals surface area contributed by atoms with Crippen molar-refractivity contribution >= 4 is 44.8 Å². The van der Waals surface area contributed by atoms with Crippen molar-refractivity contribution in [2.24, 2.45) is 0 Å². The number of hydrogen-bond acceptors (Lipinski definition) is 4. The molecule has 24 heavy (non-hydrogen) atoms. The standard InChI is InChI=1S/C15H23Cl2N3O3S/c1-19(2)9-5-10-20(24(3,22)23)11-8-14(21)18-15-12(16)6-4-7-13(15)17/h4,6-7H,5,8-11H2,1-3H3,(H,18,21). The molecule has 1 rings (SSSR count). The molecule has 6 nitrogen and oxygen atoms in total. The number of carbonyl (C=O) groups is 1.